The lowest BCUT2D eigenvalue weighted by Gasteiger charge is -1.88. The molecule has 0 spiro atoms. The molecule has 0 aliphatic carbocycles. The number of nitriles is 1. The van der Waals surface area contributed by atoms with Gasteiger partial charge >= 0.3 is 0 Å². The van der Waals surface area contributed by atoms with Gasteiger partial charge in [0.1, 0.15) is 6.07 Å². The largest absolute Gasteiger partial charge is 0.330 e. The maximum atomic E-state index is 8.48. The van der Waals surface area contributed by atoms with Gasteiger partial charge in [-0.05, 0) is 6.54 Å². The highest BCUT2D eigenvalue weighted by Gasteiger charge is 2.01. The third-order valence-electron chi connectivity index (χ3n) is 1.22. The van der Waals surface area contributed by atoms with Crippen LogP contribution in [0.5, 0.6) is 0 Å². The summed E-state index contributed by atoms with van der Waals surface area (Å²) in [5.41, 5.74) is 6.62. The summed E-state index contributed by atoms with van der Waals surface area (Å²) in [4.78, 5) is 0. The summed E-state index contributed by atoms with van der Waals surface area (Å²) >= 11 is 0. The van der Waals surface area contributed by atoms with Crippen molar-refractivity contribution in [2.75, 3.05) is 6.54 Å². The molecule has 0 unspecified atom stereocenters. The first kappa shape index (κ1) is 6.78. The Hall–Kier alpha value is -1.34. The quantitative estimate of drug-likeness (QED) is 0.590. The lowest BCUT2D eigenvalue weighted by atomic mass is 10.2. The number of nitrogens with zero attached hydrogens (tertiary/aromatic N) is 2. The van der Waals surface area contributed by atoms with E-state index in [9.17, 15) is 0 Å². The maximum Gasteiger partial charge on any atom is 0.103 e. The zero-order valence-corrected chi connectivity index (χ0v) is 5.46. The molecule has 1 aromatic rings. The first-order valence-electron chi connectivity index (χ1n) is 3.01. The van der Waals surface area contributed by atoms with Gasteiger partial charge in [-0.3, -0.25) is 5.10 Å². The Morgan fingerprint density at radius 1 is 1.80 bits per heavy atom. The molecule has 0 bridgehead atoms. The van der Waals surface area contributed by atoms with Crippen LogP contribution in [0.25, 0.3) is 0 Å². The maximum absolute atomic E-state index is 8.48. The molecule has 0 amide bonds. The molecule has 1 heterocycles. The molecule has 0 aromatic carbocycles. The van der Waals surface area contributed by atoms with Crippen molar-refractivity contribution in [1.82, 2.24) is 10.2 Å². The number of aromatic nitrogens is 2. The van der Waals surface area contributed by atoms with Crippen molar-refractivity contribution in [3.05, 3.63) is 17.5 Å². The lowest BCUT2D eigenvalue weighted by Crippen LogP contribution is -2.04. The van der Waals surface area contributed by atoms with E-state index < -0.39 is 0 Å². The van der Waals surface area contributed by atoms with Crippen molar-refractivity contribution in [3.8, 4) is 6.07 Å². The summed E-state index contributed by atoms with van der Waals surface area (Å²) in [7, 11) is 0. The van der Waals surface area contributed by atoms with Crippen LogP contribution in [0, 0.1) is 11.3 Å². The monoisotopic (exact) mass is 136 g/mol. The summed E-state index contributed by atoms with van der Waals surface area (Å²) in [6.07, 6.45) is 2.23. The number of H-pyrrole nitrogens is 1. The normalized spacial score (nSPS) is 9.20. The molecule has 0 fully saturated rings. The van der Waals surface area contributed by atoms with Gasteiger partial charge in [-0.15, -0.1) is 0 Å². The predicted molar refractivity (Wildman–Crippen MR) is 36.1 cm³/mol. The lowest BCUT2D eigenvalue weighted by molar-refractivity contribution is 0.899. The Balaban J connectivity index is 2.82. The highest BCUT2D eigenvalue weighted by Crippen LogP contribution is 2.01. The second kappa shape index (κ2) is 2.99. The van der Waals surface area contributed by atoms with Crippen LogP contribution in [0.3, 0.4) is 0 Å². The van der Waals surface area contributed by atoms with Crippen molar-refractivity contribution in [3.63, 3.8) is 0 Å². The van der Waals surface area contributed by atoms with Gasteiger partial charge in [0.2, 0.25) is 0 Å². The van der Waals surface area contributed by atoms with Crippen LogP contribution in [0.4, 0.5) is 0 Å². The van der Waals surface area contributed by atoms with Crippen LogP contribution < -0.4 is 5.73 Å². The van der Waals surface area contributed by atoms with E-state index in [0.717, 1.165) is 5.69 Å². The highest BCUT2D eigenvalue weighted by atomic mass is 15.1. The van der Waals surface area contributed by atoms with Crippen LogP contribution in [0.2, 0.25) is 0 Å². The van der Waals surface area contributed by atoms with Crippen LogP contribution >= 0.6 is 0 Å². The molecule has 0 aliphatic rings. The molecule has 1 aromatic heterocycles. The first-order chi connectivity index (χ1) is 4.88. The number of hydrogen-bond donors (Lipinski definition) is 2. The van der Waals surface area contributed by atoms with Crippen LogP contribution in [0.15, 0.2) is 6.20 Å². The third kappa shape index (κ3) is 1.14. The van der Waals surface area contributed by atoms with Crippen molar-refractivity contribution in [1.29, 1.82) is 5.26 Å². The Bertz CT molecular complexity index is 244. The molecule has 10 heavy (non-hydrogen) atoms. The van der Waals surface area contributed by atoms with Gasteiger partial charge in [-0.25, -0.2) is 0 Å². The summed E-state index contributed by atoms with van der Waals surface area (Å²) in [5.74, 6) is 0. The minimum absolute atomic E-state index is 0.527. The van der Waals surface area contributed by atoms with Crippen LogP contribution in [0.1, 0.15) is 11.3 Å². The molecule has 0 saturated heterocycles. The zero-order valence-electron chi connectivity index (χ0n) is 5.46. The van der Waals surface area contributed by atoms with Crippen molar-refractivity contribution >= 4 is 0 Å². The van der Waals surface area contributed by atoms with E-state index in [-0.39, 0.29) is 0 Å². The summed E-state index contributed by atoms with van der Waals surface area (Å²) in [6.45, 7) is 0.527. The molecule has 0 saturated carbocycles. The van der Waals surface area contributed by atoms with Crippen LogP contribution in [-0.4, -0.2) is 16.7 Å². The third-order valence-corrected chi connectivity index (χ3v) is 1.22. The summed E-state index contributed by atoms with van der Waals surface area (Å²) in [6, 6.07) is 2.01. The topological polar surface area (TPSA) is 78.5 Å². The van der Waals surface area contributed by atoms with Gasteiger partial charge in [0.15, 0.2) is 0 Å². The van der Waals surface area contributed by atoms with E-state index in [4.69, 9.17) is 11.0 Å². The van der Waals surface area contributed by atoms with Gasteiger partial charge in [-0.2, -0.15) is 10.4 Å². The Morgan fingerprint density at radius 3 is 3.20 bits per heavy atom. The fraction of sp³-hybridized carbons (Fsp3) is 0.333. The van der Waals surface area contributed by atoms with E-state index >= 15 is 0 Å². The molecule has 0 atom stereocenters. The fourth-order valence-corrected chi connectivity index (χ4v) is 0.742. The molecule has 4 heteroatoms. The molecule has 3 N–H and O–H groups in total. The standard InChI is InChI=1S/C6H8N4/c7-2-1-6-5(3-8)4-9-10-6/h4H,1-2,7H2,(H,9,10). The van der Waals surface area contributed by atoms with Gasteiger partial charge < -0.3 is 5.73 Å². The highest BCUT2D eigenvalue weighted by molar-refractivity contribution is 5.30. The van der Waals surface area contributed by atoms with Crippen molar-refractivity contribution < 1.29 is 0 Å². The van der Waals surface area contributed by atoms with E-state index in [2.05, 4.69) is 10.2 Å². The smallest absolute Gasteiger partial charge is 0.103 e. The number of nitrogens with one attached hydrogen (secondary N) is 1. The molecule has 52 valence electrons. The minimum Gasteiger partial charge on any atom is -0.330 e. The average Bonchev–Trinajstić information content (AvgIpc) is 2.36. The number of aromatic amines is 1. The molecule has 0 radical (unpaired) electrons. The second-order valence-corrected chi connectivity index (χ2v) is 1.90. The fourth-order valence-electron chi connectivity index (χ4n) is 0.742. The van der Waals surface area contributed by atoms with Gasteiger partial charge in [0, 0.05) is 12.6 Å². The number of rotatable bonds is 2. The summed E-state index contributed by atoms with van der Waals surface area (Å²) < 4.78 is 0. The number of nitrogens with two attached hydrogens (primary N) is 1. The number of hydrogen-bond acceptors (Lipinski definition) is 3. The first-order valence-corrected chi connectivity index (χ1v) is 3.01. The van der Waals surface area contributed by atoms with Gasteiger partial charge in [0.25, 0.3) is 0 Å². The summed E-state index contributed by atoms with van der Waals surface area (Å²) in [5, 5.41) is 14.9. The Kier molecular flexibility index (Phi) is 2.03. The van der Waals surface area contributed by atoms with Gasteiger partial charge in [-0.1, -0.05) is 0 Å². The minimum atomic E-state index is 0.527. The van der Waals surface area contributed by atoms with E-state index in [0.29, 0.717) is 18.5 Å². The van der Waals surface area contributed by atoms with E-state index in [1.807, 2.05) is 6.07 Å². The van der Waals surface area contributed by atoms with Crippen LogP contribution in [-0.2, 0) is 6.42 Å². The van der Waals surface area contributed by atoms with Gasteiger partial charge in [0.05, 0.1) is 11.3 Å². The Morgan fingerprint density at radius 2 is 2.60 bits per heavy atom. The van der Waals surface area contributed by atoms with Crippen molar-refractivity contribution in [2.24, 2.45) is 5.73 Å². The molecule has 1 rings (SSSR count). The molecular weight excluding hydrogens is 128 g/mol. The second-order valence-electron chi connectivity index (χ2n) is 1.90. The SMILES string of the molecule is N#Cc1c[nH]nc1CCN. The average molecular weight is 136 g/mol. The molecule has 4 nitrogen and oxygen atoms in total. The molecular formula is C6H8N4. The predicted octanol–water partition coefficient (Wildman–Crippen LogP) is -0.217. The zero-order chi connectivity index (χ0) is 7.40. The van der Waals surface area contributed by atoms with Crippen molar-refractivity contribution in [2.45, 2.75) is 6.42 Å². The van der Waals surface area contributed by atoms with E-state index in [1.165, 1.54) is 0 Å². The Labute approximate surface area is 58.7 Å². The molecule has 0 aliphatic heterocycles. The van der Waals surface area contributed by atoms with E-state index in [1.54, 1.807) is 6.20 Å².